The van der Waals surface area contributed by atoms with E-state index >= 15 is 0 Å². The molecular weight excluding hydrogens is 222 g/mol. The van der Waals surface area contributed by atoms with Crippen LogP contribution in [0.25, 0.3) is 0 Å². The van der Waals surface area contributed by atoms with Gasteiger partial charge in [-0.2, -0.15) is 0 Å². The number of hydrogen-bond acceptors (Lipinski definition) is 3. The maximum atomic E-state index is 11.8. The molecule has 0 atom stereocenters. The minimum atomic E-state index is -1.05. The van der Waals surface area contributed by atoms with Crippen LogP contribution in [0, 0.1) is 5.41 Å². The summed E-state index contributed by atoms with van der Waals surface area (Å²) in [5, 5.41) is 8.40. The van der Waals surface area contributed by atoms with Crippen molar-refractivity contribution in [2.24, 2.45) is 5.41 Å². The van der Waals surface area contributed by atoms with Gasteiger partial charge < -0.3 is 14.7 Å². The number of carbonyl (C=O) groups excluding carboxylic acids is 1. The summed E-state index contributed by atoms with van der Waals surface area (Å²) in [7, 11) is 0. The summed E-state index contributed by atoms with van der Waals surface area (Å²) in [6.45, 7) is 5.30. The molecule has 5 nitrogen and oxygen atoms in total. The Bertz CT molecular complexity index is 286. The van der Waals surface area contributed by atoms with Crippen molar-refractivity contribution in [1.82, 2.24) is 4.90 Å². The lowest BCUT2D eigenvalue weighted by Gasteiger charge is -2.26. The Morgan fingerprint density at radius 1 is 1.29 bits per heavy atom. The highest BCUT2D eigenvalue weighted by Crippen LogP contribution is 2.36. The normalized spacial score (nSPS) is 18.4. The second-order valence-electron chi connectivity index (χ2n) is 4.66. The summed E-state index contributed by atoms with van der Waals surface area (Å²) in [4.78, 5) is 23.8. The van der Waals surface area contributed by atoms with E-state index in [0.717, 1.165) is 32.4 Å². The van der Waals surface area contributed by atoms with E-state index in [9.17, 15) is 9.59 Å². The van der Waals surface area contributed by atoms with Gasteiger partial charge in [0.1, 0.15) is 13.2 Å². The Hall–Kier alpha value is -1.10. The van der Waals surface area contributed by atoms with Crippen LogP contribution in [0.5, 0.6) is 0 Å². The van der Waals surface area contributed by atoms with Crippen LogP contribution in [0.3, 0.4) is 0 Å². The molecule has 0 bridgehead atoms. The first kappa shape index (κ1) is 14.0. The van der Waals surface area contributed by atoms with Crippen LogP contribution in [0.1, 0.15) is 33.1 Å². The molecule has 1 amide bonds. The molecule has 17 heavy (non-hydrogen) atoms. The molecule has 0 radical (unpaired) electrons. The Morgan fingerprint density at radius 2 is 1.94 bits per heavy atom. The first-order valence-electron chi connectivity index (χ1n) is 6.10. The topological polar surface area (TPSA) is 66.8 Å². The number of rotatable bonds is 6. The molecule has 1 saturated heterocycles. The van der Waals surface area contributed by atoms with Crippen molar-refractivity contribution in [3.05, 3.63) is 0 Å². The van der Waals surface area contributed by atoms with E-state index < -0.39 is 12.6 Å². The number of aliphatic carboxylic acids is 1. The van der Waals surface area contributed by atoms with E-state index in [2.05, 4.69) is 13.8 Å². The van der Waals surface area contributed by atoms with Gasteiger partial charge in [0.15, 0.2) is 0 Å². The average Bonchev–Trinajstić information content (AvgIpc) is 2.73. The van der Waals surface area contributed by atoms with E-state index in [-0.39, 0.29) is 17.9 Å². The third-order valence-electron chi connectivity index (χ3n) is 3.74. The predicted octanol–water partition coefficient (Wildman–Crippen LogP) is 1.13. The highest BCUT2D eigenvalue weighted by Gasteiger charge is 2.36. The monoisotopic (exact) mass is 243 g/mol. The van der Waals surface area contributed by atoms with E-state index in [0.29, 0.717) is 0 Å². The van der Waals surface area contributed by atoms with Crippen molar-refractivity contribution in [1.29, 1.82) is 0 Å². The fourth-order valence-corrected chi connectivity index (χ4v) is 2.29. The van der Waals surface area contributed by atoms with Gasteiger partial charge in [0.05, 0.1) is 0 Å². The van der Waals surface area contributed by atoms with E-state index in [1.807, 2.05) is 0 Å². The number of nitrogens with zero attached hydrogens (tertiary/aromatic N) is 1. The van der Waals surface area contributed by atoms with Gasteiger partial charge in [-0.25, -0.2) is 4.79 Å². The van der Waals surface area contributed by atoms with Crippen LogP contribution in [0.15, 0.2) is 0 Å². The molecule has 0 aromatic carbocycles. The van der Waals surface area contributed by atoms with Gasteiger partial charge in [0, 0.05) is 13.1 Å². The molecule has 0 aromatic heterocycles. The van der Waals surface area contributed by atoms with Gasteiger partial charge in [-0.3, -0.25) is 4.79 Å². The van der Waals surface area contributed by atoms with Crippen LogP contribution >= 0.6 is 0 Å². The molecule has 1 N–H and O–H groups in total. The van der Waals surface area contributed by atoms with Crippen molar-refractivity contribution >= 4 is 11.9 Å². The second kappa shape index (κ2) is 6.00. The molecule has 1 rings (SSSR count). The van der Waals surface area contributed by atoms with Crippen LogP contribution in [0.4, 0.5) is 0 Å². The molecular formula is C12H21NO4. The largest absolute Gasteiger partial charge is 0.480 e. The molecule has 0 aliphatic carbocycles. The molecule has 0 saturated carbocycles. The first-order chi connectivity index (χ1) is 8.03. The zero-order valence-electron chi connectivity index (χ0n) is 10.6. The maximum absolute atomic E-state index is 11.8. The Morgan fingerprint density at radius 3 is 2.41 bits per heavy atom. The van der Waals surface area contributed by atoms with Gasteiger partial charge in [0.25, 0.3) is 0 Å². The zero-order chi connectivity index (χ0) is 12.9. The molecule has 1 aliphatic heterocycles. The Balaban J connectivity index is 2.37. The first-order valence-corrected chi connectivity index (χ1v) is 6.10. The minimum absolute atomic E-state index is 0.102. The molecule has 0 aromatic rings. The van der Waals surface area contributed by atoms with Gasteiger partial charge in [-0.15, -0.1) is 0 Å². The summed E-state index contributed by atoms with van der Waals surface area (Å²) < 4.78 is 4.81. The molecule has 0 spiro atoms. The lowest BCUT2D eigenvalue weighted by molar-refractivity contribution is -0.145. The zero-order valence-corrected chi connectivity index (χ0v) is 10.6. The standard InChI is InChI=1S/C12H21NO4/c1-3-12(4-2)5-6-13(9-12)10(14)7-17-8-11(15)16/h3-9H2,1-2H3,(H,15,16). The van der Waals surface area contributed by atoms with Crippen LogP contribution in [-0.2, 0) is 14.3 Å². The number of carboxylic acids is 1. The number of carbonyl (C=O) groups is 2. The third-order valence-corrected chi connectivity index (χ3v) is 3.74. The molecule has 1 heterocycles. The number of ether oxygens (including phenoxy) is 1. The molecule has 0 unspecified atom stereocenters. The summed E-state index contributed by atoms with van der Waals surface area (Å²) in [6.07, 6.45) is 3.18. The summed E-state index contributed by atoms with van der Waals surface area (Å²) in [6, 6.07) is 0. The van der Waals surface area contributed by atoms with Crippen molar-refractivity contribution in [2.45, 2.75) is 33.1 Å². The Kier molecular flexibility index (Phi) is 4.93. The highest BCUT2D eigenvalue weighted by atomic mass is 16.5. The SMILES string of the molecule is CCC1(CC)CCN(C(=O)COCC(=O)O)C1. The number of likely N-dealkylation sites (tertiary alicyclic amines) is 1. The molecule has 5 heteroatoms. The Labute approximate surface area is 102 Å². The van der Waals surface area contributed by atoms with Crippen molar-refractivity contribution in [3.8, 4) is 0 Å². The second-order valence-corrected chi connectivity index (χ2v) is 4.66. The molecule has 1 aliphatic rings. The van der Waals surface area contributed by atoms with Crippen molar-refractivity contribution < 1.29 is 19.4 Å². The predicted molar refractivity (Wildman–Crippen MR) is 62.7 cm³/mol. The van der Waals surface area contributed by atoms with Crippen LogP contribution in [-0.4, -0.2) is 48.2 Å². The fourth-order valence-electron chi connectivity index (χ4n) is 2.29. The van der Waals surface area contributed by atoms with E-state index in [1.54, 1.807) is 4.90 Å². The number of amides is 1. The summed E-state index contributed by atoms with van der Waals surface area (Å²) >= 11 is 0. The number of hydrogen-bond donors (Lipinski definition) is 1. The summed E-state index contributed by atoms with van der Waals surface area (Å²) in [5.74, 6) is -1.15. The van der Waals surface area contributed by atoms with Gasteiger partial charge in [0.2, 0.25) is 5.91 Å². The van der Waals surface area contributed by atoms with Crippen LogP contribution < -0.4 is 0 Å². The molecule has 98 valence electrons. The van der Waals surface area contributed by atoms with Gasteiger partial charge >= 0.3 is 5.97 Å². The van der Waals surface area contributed by atoms with Gasteiger partial charge in [-0.05, 0) is 24.7 Å². The van der Waals surface area contributed by atoms with Crippen LogP contribution in [0.2, 0.25) is 0 Å². The van der Waals surface area contributed by atoms with E-state index in [4.69, 9.17) is 9.84 Å². The summed E-state index contributed by atoms with van der Waals surface area (Å²) in [5.41, 5.74) is 0.252. The fraction of sp³-hybridized carbons (Fsp3) is 0.833. The smallest absolute Gasteiger partial charge is 0.329 e. The van der Waals surface area contributed by atoms with Crippen molar-refractivity contribution in [2.75, 3.05) is 26.3 Å². The van der Waals surface area contributed by atoms with E-state index in [1.165, 1.54) is 0 Å². The average molecular weight is 243 g/mol. The van der Waals surface area contributed by atoms with Gasteiger partial charge in [-0.1, -0.05) is 13.8 Å². The minimum Gasteiger partial charge on any atom is -0.480 e. The third kappa shape index (κ3) is 3.70. The highest BCUT2D eigenvalue weighted by molar-refractivity contribution is 5.78. The maximum Gasteiger partial charge on any atom is 0.329 e. The quantitative estimate of drug-likeness (QED) is 0.759. The lowest BCUT2D eigenvalue weighted by atomic mass is 9.82. The van der Waals surface area contributed by atoms with Crippen molar-refractivity contribution in [3.63, 3.8) is 0 Å². The number of carboxylic acid groups (broad SMARTS) is 1. The molecule has 1 fully saturated rings. The lowest BCUT2D eigenvalue weighted by Crippen LogP contribution is -2.34.